The number of carbonyl (C=O) groups excluding carboxylic acids is 2. The normalized spacial score (nSPS) is 18.6. The first-order valence-corrected chi connectivity index (χ1v) is 8.40. The zero-order valence-corrected chi connectivity index (χ0v) is 14.7. The van der Waals surface area contributed by atoms with Gasteiger partial charge in [0.15, 0.2) is 0 Å². The molecule has 1 fully saturated rings. The Kier molecular flexibility index (Phi) is 5.45. The highest BCUT2D eigenvalue weighted by Crippen LogP contribution is 2.24. The van der Waals surface area contributed by atoms with Crippen LogP contribution in [0.1, 0.15) is 44.7 Å². The first-order chi connectivity index (χ1) is 10.8. The third-order valence-corrected chi connectivity index (χ3v) is 4.74. The molecule has 0 saturated carbocycles. The van der Waals surface area contributed by atoms with Crippen molar-refractivity contribution < 1.29 is 9.59 Å². The third kappa shape index (κ3) is 4.57. The molecule has 1 aliphatic rings. The van der Waals surface area contributed by atoms with E-state index in [1.165, 1.54) is 11.1 Å². The van der Waals surface area contributed by atoms with Crippen LogP contribution in [0.2, 0.25) is 0 Å². The summed E-state index contributed by atoms with van der Waals surface area (Å²) in [6.07, 6.45) is 1.76. The first-order valence-electron chi connectivity index (χ1n) is 8.40. The molecule has 2 rings (SSSR count). The lowest BCUT2D eigenvalue weighted by Crippen LogP contribution is -2.46. The number of nitrogens with one attached hydrogen (secondary N) is 1. The van der Waals surface area contributed by atoms with E-state index < -0.39 is 0 Å². The fourth-order valence-electron chi connectivity index (χ4n) is 3.10. The lowest BCUT2D eigenvalue weighted by molar-refractivity contribution is -0.134. The van der Waals surface area contributed by atoms with Gasteiger partial charge in [-0.15, -0.1) is 0 Å². The maximum absolute atomic E-state index is 12.5. The van der Waals surface area contributed by atoms with Crippen LogP contribution in [0, 0.1) is 12.8 Å². The minimum Gasteiger partial charge on any atom is -0.355 e. The Balaban J connectivity index is 1.94. The molecule has 1 aliphatic heterocycles. The average Bonchev–Trinajstić information content (AvgIpc) is 2.53. The van der Waals surface area contributed by atoms with Gasteiger partial charge in [0.1, 0.15) is 0 Å². The summed E-state index contributed by atoms with van der Waals surface area (Å²) in [6, 6.07) is 8.41. The number of benzene rings is 1. The van der Waals surface area contributed by atoms with Crippen LogP contribution in [0.3, 0.4) is 0 Å². The highest BCUT2D eigenvalue weighted by molar-refractivity contribution is 5.80. The fourth-order valence-corrected chi connectivity index (χ4v) is 3.10. The number of aryl methyl sites for hydroxylation is 1. The number of piperidine rings is 1. The summed E-state index contributed by atoms with van der Waals surface area (Å²) >= 11 is 0. The van der Waals surface area contributed by atoms with E-state index in [0.717, 1.165) is 19.4 Å². The van der Waals surface area contributed by atoms with Crippen LogP contribution in [0.25, 0.3) is 0 Å². The molecule has 2 amide bonds. The lowest BCUT2D eigenvalue weighted by atomic mass is 9.83. The molecule has 0 aromatic heterocycles. The van der Waals surface area contributed by atoms with Crippen LogP contribution in [0.5, 0.6) is 0 Å². The molecule has 0 spiro atoms. The molecule has 1 saturated heterocycles. The quantitative estimate of drug-likeness (QED) is 0.928. The van der Waals surface area contributed by atoms with E-state index in [0.29, 0.717) is 13.1 Å². The van der Waals surface area contributed by atoms with Crippen molar-refractivity contribution in [2.45, 2.75) is 46.0 Å². The number of rotatable bonds is 4. The summed E-state index contributed by atoms with van der Waals surface area (Å²) in [5.74, 6) is 0.0419. The van der Waals surface area contributed by atoms with Crippen molar-refractivity contribution >= 4 is 11.8 Å². The average molecular weight is 316 g/mol. The monoisotopic (exact) mass is 316 g/mol. The number of amides is 2. The van der Waals surface area contributed by atoms with E-state index in [1.807, 2.05) is 0 Å². The van der Waals surface area contributed by atoms with E-state index in [4.69, 9.17) is 0 Å². The topological polar surface area (TPSA) is 49.4 Å². The zero-order chi connectivity index (χ0) is 17.0. The molecule has 1 unspecified atom stereocenters. The highest BCUT2D eigenvalue weighted by Gasteiger charge is 2.28. The number of likely N-dealkylation sites (tertiary alicyclic amines) is 1. The molecule has 1 aromatic rings. The second-order valence-electron chi connectivity index (χ2n) is 7.28. The van der Waals surface area contributed by atoms with Gasteiger partial charge in [-0.1, -0.05) is 43.7 Å². The van der Waals surface area contributed by atoms with E-state index in [1.54, 1.807) is 11.8 Å². The molecular weight excluding hydrogens is 288 g/mol. The van der Waals surface area contributed by atoms with Crippen LogP contribution >= 0.6 is 0 Å². The van der Waals surface area contributed by atoms with Gasteiger partial charge in [-0.05, 0) is 25.3 Å². The van der Waals surface area contributed by atoms with Crippen LogP contribution in [-0.4, -0.2) is 36.3 Å². The van der Waals surface area contributed by atoms with Gasteiger partial charge in [-0.2, -0.15) is 0 Å². The summed E-state index contributed by atoms with van der Waals surface area (Å²) in [4.78, 5) is 25.7. The molecule has 4 heteroatoms. The molecule has 0 bridgehead atoms. The molecule has 1 aromatic carbocycles. The van der Waals surface area contributed by atoms with Gasteiger partial charge in [-0.25, -0.2) is 0 Å². The first kappa shape index (κ1) is 17.5. The van der Waals surface area contributed by atoms with Gasteiger partial charge in [0.25, 0.3) is 0 Å². The number of hydrogen-bond acceptors (Lipinski definition) is 2. The predicted molar refractivity (Wildman–Crippen MR) is 92.2 cm³/mol. The van der Waals surface area contributed by atoms with Crippen molar-refractivity contribution in [2.24, 2.45) is 5.92 Å². The van der Waals surface area contributed by atoms with Crippen molar-refractivity contribution in [1.29, 1.82) is 0 Å². The maximum Gasteiger partial charge on any atom is 0.224 e. The largest absolute Gasteiger partial charge is 0.355 e. The number of nitrogens with zero attached hydrogens (tertiary/aromatic N) is 1. The molecular formula is C19H28N2O2. The SMILES string of the molecule is CC(=O)N1CCCC(C(=O)NCC(C)(C)c2cccc(C)c2)C1. The Morgan fingerprint density at radius 1 is 1.35 bits per heavy atom. The van der Waals surface area contributed by atoms with E-state index in [2.05, 4.69) is 50.4 Å². The van der Waals surface area contributed by atoms with Crippen LogP contribution < -0.4 is 5.32 Å². The van der Waals surface area contributed by atoms with Gasteiger partial charge in [0.05, 0.1) is 5.92 Å². The summed E-state index contributed by atoms with van der Waals surface area (Å²) in [6.45, 7) is 9.86. The Morgan fingerprint density at radius 2 is 2.09 bits per heavy atom. The van der Waals surface area contributed by atoms with E-state index >= 15 is 0 Å². The van der Waals surface area contributed by atoms with E-state index in [-0.39, 0.29) is 23.1 Å². The molecule has 1 atom stereocenters. The Hall–Kier alpha value is -1.84. The molecule has 0 aliphatic carbocycles. The van der Waals surface area contributed by atoms with Crippen molar-refractivity contribution in [1.82, 2.24) is 10.2 Å². The highest BCUT2D eigenvalue weighted by atomic mass is 16.2. The standard InChI is InChI=1S/C19H28N2O2/c1-14-7-5-9-17(11-14)19(3,4)13-20-18(23)16-8-6-10-21(12-16)15(2)22/h5,7,9,11,16H,6,8,10,12-13H2,1-4H3,(H,20,23). The second kappa shape index (κ2) is 7.16. The van der Waals surface area contributed by atoms with Crippen molar-refractivity contribution in [3.8, 4) is 0 Å². The lowest BCUT2D eigenvalue weighted by Gasteiger charge is -2.32. The van der Waals surface area contributed by atoms with Crippen molar-refractivity contribution in [3.63, 3.8) is 0 Å². The Bertz CT molecular complexity index is 580. The van der Waals surface area contributed by atoms with E-state index in [9.17, 15) is 9.59 Å². The van der Waals surface area contributed by atoms with Crippen molar-refractivity contribution in [3.05, 3.63) is 35.4 Å². The fraction of sp³-hybridized carbons (Fsp3) is 0.579. The van der Waals surface area contributed by atoms with Crippen LogP contribution in [0.4, 0.5) is 0 Å². The number of carbonyl (C=O) groups is 2. The molecule has 23 heavy (non-hydrogen) atoms. The Labute approximate surface area is 139 Å². The summed E-state index contributed by atoms with van der Waals surface area (Å²) in [7, 11) is 0. The summed E-state index contributed by atoms with van der Waals surface area (Å²) in [5.41, 5.74) is 2.34. The van der Waals surface area contributed by atoms with Crippen molar-refractivity contribution in [2.75, 3.05) is 19.6 Å². The molecule has 4 nitrogen and oxygen atoms in total. The van der Waals surface area contributed by atoms with Crippen LogP contribution in [-0.2, 0) is 15.0 Å². The minimum absolute atomic E-state index is 0.0580. The third-order valence-electron chi connectivity index (χ3n) is 4.74. The summed E-state index contributed by atoms with van der Waals surface area (Å²) < 4.78 is 0. The second-order valence-corrected chi connectivity index (χ2v) is 7.28. The Morgan fingerprint density at radius 3 is 2.74 bits per heavy atom. The smallest absolute Gasteiger partial charge is 0.224 e. The molecule has 0 radical (unpaired) electrons. The zero-order valence-electron chi connectivity index (χ0n) is 14.7. The van der Waals surface area contributed by atoms with Crippen LogP contribution in [0.15, 0.2) is 24.3 Å². The minimum atomic E-state index is -0.114. The molecule has 126 valence electrons. The van der Waals surface area contributed by atoms with Gasteiger partial charge >= 0.3 is 0 Å². The maximum atomic E-state index is 12.5. The predicted octanol–water partition coefficient (Wildman–Crippen LogP) is 2.65. The number of hydrogen-bond donors (Lipinski definition) is 1. The van der Waals surface area contributed by atoms with Gasteiger partial charge in [0, 0.05) is 32.0 Å². The van der Waals surface area contributed by atoms with Gasteiger partial charge < -0.3 is 10.2 Å². The molecule has 1 heterocycles. The van der Waals surface area contributed by atoms with Gasteiger partial charge in [0.2, 0.25) is 11.8 Å². The van der Waals surface area contributed by atoms with Gasteiger partial charge in [-0.3, -0.25) is 9.59 Å². The summed E-state index contributed by atoms with van der Waals surface area (Å²) in [5, 5.41) is 3.09. The molecule has 1 N–H and O–H groups in total.